The zero-order valence-corrected chi connectivity index (χ0v) is 13.8. The third kappa shape index (κ3) is 3.51. The number of imide groups is 1. The fourth-order valence-electron chi connectivity index (χ4n) is 2.42. The highest BCUT2D eigenvalue weighted by Crippen LogP contribution is 2.25. The minimum absolute atomic E-state index is 0.100. The molecular weight excluding hydrogens is 314 g/mol. The van der Waals surface area contributed by atoms with Gasteiger partial charge in [-0.05, 0) is 32.9 Å². The second-order valence-electron chi connectivity index (χ2n) is 5.52. The number of nitrogens with zero attached hydrogens (tertiary/aromatic N) is 1. The van der Waals surface area contributed by atoms with Crippen molar-refractivity contribution in [3.8, 4) is 0 Å². The van der Waals surface area contributed by atoms with Crippen molar-refractivity contribution in [2.24, 2.45) is 0 Å². The molecule has 0 bridgehead atoms. The molecule has 0 fully saturated rings. The molecule has 1 aromatic rings. The predicted octanol–water partition coefficient (Wildman–Crippen LogP) is 1.56. The van der Waals surface area contributed by atoms with Crippen LogP contribution in [0.15, 0.2) is 24.3 Å². The minimum atomic E-state index is -1.44. The van der Waals surface area contributed by atoms with Gasteiger partial charge in [0.1, 0.15) is 6.42 Å². The van der Waals surface area contributed by atoms with Crippen LogP contribution in [0.3, 0.4) is 0 Å². The summed E-state index contributed by atoms with van der Waals surface area (Å²) < 4.78 is 10.2. The first-order chi connectivity index (χ1) is 11.4. The topological polar surface area (TPSA) is 90.0 Å². The van der Waals surface area contributed by atoms with E-state index in [2.05, 4.69) is 0 Å². The number of amides is 2. The molecule has 0 N–H and O–H groups in total. The first-order valence-electron chi connectivity index (χ1n) is 7.67. The summed E-state index contributed by atoms with van der Waals surface area (Å²) in [6.45, 7) is 5.05. The monoisotopic (exact) mass is 333 g/mol. The number of fused-ring (bicyclic) bond motifs is 1. The Labute approximate surface area is 139 Å². The lowest BCUT2D eigenvalue weighted by Gasteiger charge is -2.24. The van der Waals surface area contributed by atoms with E-state index in [0.29, 0.717) is 0 Å². The van der Waals surface area contributed by atoms with Gasteiger partial charge in [0.25, 0.3) is 11.8 Å². The molecule has 24 heavy (non-hydrogen) atoms. The molecule has 0 saturated carbocycles. The molecule has 7 heteroatoms. The lowest BCUT2D eigenvalue weighted by Crippen LogP contribution is -2.47. The van der Waals surface area contributed by atoms with Gasteiger partial charge in [-0.1, -0.05) is 12.1 Å². The van der Waals surface area contributed by atoms with Crippen molar-refractivity contribution in [2.45, 2.75) is 39.5 Å². The molecule has 2 amide bonds. The number of ether oxygens (including phenoxy) is 2. The van der Waals surface area contributed by atoms with Crippen molar-refractivity contribution in [3.05, 3.63) is 35.4 Å². The van der Waals surface area contributed by atoms with E-state index in [4.69, 9.17) is 9.47 Å². The second-order valence-corrected chi connectivity index (χ2v) is 5.52. The molecule has 1 aliphatic rings. The van der Waals surface area contributed by atoms with Gasteiger partial charge in [-0.15, -0.1) is 0 Å². The molecule has 0 spiro atoms. The predicted molar refractivity (Wildman–Crippen MR) is 83.2 cm³/mol. The number of hydrogen-bond acceptors (Lipinski definition) is 6. The van der Waals surface area contributed by atoms with E-state index in [9.17, 15) is 19.2 Å². The van der Waals surface area contributed by atoms with E-state index in [1.54, 1.807) is 32.9 Å². The number of esters is 1. The summed E-state index contributed by atoms with van der Waals surface area (Å²) in [5, 5.41) is 0. The Morgan fingerprint density at radius 3 is 2.08 bits per heavy atom. The number of hydrogen-bond donors (Lipinski definition) is 0. The summed E-state index contributed by atoms with van der Waals surface area (Å²) in [5.74, 6) is -2.65. The zero-order chi connectivity index (χ0) is 17.9. The van der Waals surface area contributed by atoms with Crippen molar-refractivity contribution in [1.82, 2.24) is 4.90 Å². The van der Waals surface area contributed by atoms with Gasteiger partial charge in [0.05, 0.1) is 17.2 Å². The van der Waals surface area contributed by atoms with Crippen molar-refractivity contribution in [3.63, 3.8) is 0 Å². The Balaban J connectivity index is 2.22. The van der Waals surface area contributed by atoms with Gasteiger partial charge in [-0.25, -0.2) is 4.90 Å². The quantitative estimate of drug-likeness (QED) is 0.427. The third-order valence-electron chi connectivity index (χ3n) is 3.35. The second kappa shape index (κ2) is 7.35. The van der Waals surface area contributed by atoms with Crippen molar-refractivity contribution in [1.29, 1.82) is 0 Å². The maximum atomic E-state index is 12.4. The molecule has 0 aliphatic carbocycles. The smallest absolute Gasteiger partial charge is 0.313 e. The van der Waals surface area contributed by atoms with Gasteiger partial charge in [-0.2, -0.15) is 0 Å². The van der Waals surface area contributed by atoms with Crippen LogP contribution in [0.1, 0.15) is 47.9 Å². The Hall–Kier alpha value is -2.54. The summed E-state index contributed by atoms with van der Waals surface area (Å²) in [4.78, 5) is 49.7. The van der Waals surface area contributed by atoms with Crippen molar-refractivity contribution >= 4 is 23.6 Å². The van der Waals surface area contributed by atoms with Crippen LogP contribution in [0.4, 0.5) is 0 Å². The molecule has 0 radical (unpaired) electrons. The maximum absolute atomic E-state index is 12.4. The number of Topliss-reactive ketones (excluding diaryl/α,β-unsaturated/α-hetero) is 1. The Bertz CT molecular complexity index is 646. The van der Waals surface area contributed by atoms with Crippen LogP contribution in [-0.4, -0.2) is 47.4 Å². The number of rotatable bonds is 7. The average molecular weight is 333 g/mol. The van der Waals surface area contributed by atoms with Gasteiger partial charge in [-0.3, -0.25) is 19.2 Å². The van der Waals surface area contributed by atoms with E-state index in [0.717, 1.165) is 4.90 Å². The van der Waals surface area contributed by atoms with E-state index >= 15 is 0 Å². The van der Waals surface area contributed by atoms with Crippen LogP contribution in [0.25, 0.3) is 0 Å². The summed E-state index contributed by atoms with van der Waals surface area (Å²) in [7, 11) is 0. The summed E-state index contributed by atoms with van der Waals surface area (Å²) in [5.41, 5.74) is 0.425. The highest BCUT2D eigenvalue weighted by molar-refractivity contribution is 6.23. The van der Waals surface area contributed by atoms with Crippen LogP contribution in [0.5, 0.6) is 0 Å². The van der Waals surface area contributed by atoms with Crippen LogP contribution in [0.2, 0.25) is 0 Å². The molecule has 1 aliphatic heterocycles. The van der Waals surface area contributed by atoms with Gasteiger partial charge < -0.3 is 9.47 Å². The number of carbonyl (C=O) groups excluding carboxylic acids is 4. The molecular formula is C17H19NO6. The van der Waals surface area contributed by atoms with Gasteiger partial charge in [0.2, 0.25) is 0 Å². The minimum Gasteiger partial charge on any atom is -0.463 e. The Kier molecular flexibility index (Phi) is 5.46. The summed E-state index contributed by atoms with van der Waals surface area (Å²) in [6, 6.07) is 6.28. The normalized spacial score (nSPS) is 14.8. The fraction of sp³-hybridized carbons (Fsp3) is 0.412. The number of carbonyl (C=O) groups is 4. The molecule has 128 valence electrons. The van der Waals surface area contributed by atoms with E-state index in [1.807, 2.05) is 0 Å². The average Bonchev–Trinajstić information content (AvgIpc) is 2.76. The lowest BCUT2D eigenvalue weighted by atomic mass is 10.1. The van der Waals surface area contributed by atoms with Crippen molar-refractivity contribution in [2.75, 3.05) is 6.61 Å². The van der Waals surface area contributed by atoms with Crippen molar-refractivity contribution < 1.29 is 28.7 Å². The first-order valence-corrected chi connectivity index (χ1v) is 7.67. The molecule has 1 heterocycles. The molecule has 0 aromatic heterocycles. The maximum Gasteiger partial charge on any atom is 0.313 e. The summed E-state index contributed by atoms with van der Waals surface area (Å²) >= 11 is 0. The third-order valence-corrected chi connectivity index (χ3v) is 3.35. The highest BCUT2D eigenvalue weighted by Gasteiger charge is 2.43. The molecule has 0 saturated heterocycles. The summed E-state index contributed by atoms with van der Waals surface area (Å²) in [6.07, 6.45) is -2.38. The zero-order valence-electron chi connectivity index (χ0n) is 13.8. The number of ketones is 1. The SMILES string of the molecule is CCOC(C(=O)CC(=O)OC(C)C)N1C(=O)c2ccccc2C1=O. The van der Waals surface area contributed by atoms with Crippen LogP contribution in [-0.2, 0) is 19.1 Å². The fourth-order valence-corrected chi connectivity index (χ4v) is 2.42. The van der Waals surface area contributed by atoms with Gasteiger partial charge in [0.15, 0.2) is 12.0 Å². The molecule has 1 atom stereocenters. The van der Waals surface area contributed by atoms with Gasteiger partial charge in [0, 0.05) is 6.61 Å². The van der Waals surface area contributed by atoms with E-state index in [1.165, 1.54) is 12.1 Å². The van der Waals surface area contributed by atoms with Crippen LogP contribution < -0.4 is 0 Å². The lowest BCUT2D eigenvalue weighted by molar-refractivity contribution is -0.154. The Morgan fingerprint density at radius 2 is 1.62 bits per heavy atom. The first kappa shape index (κ1) is 17.8. The number of benzene rings is 1. The molecule has 7 nitrogen and oxygen atoms in total. The molecule has 1 aromatic carbocycles. The Morgan fingerprint density at radius 1 is 1.08 bits per heavy atom. The standard InChI is InChI=1S/C17H19NO6/c1-4-23-17(13(19)9-14(20)24-10(2)3)18-15(21)11-7-5-6-8-12(11)16(18)22/h5-8,10,17H,4,9H2,1-3H3. The molecule has 1 unspecified atom stereocenters. The van der Waals surface area contributed by atoms with E-state index < -0.39 is 36.2 Å². The van der Waals surface area contributed by atoms with Crippen LogP contribution >= 0.6 is 0 Å². The largest absolute Gasteiger partial charge is 0.463 e. The molecule has 2 rings (SSSR count). The van der Waals surface area contributed by atoms with Gasteiger partial charge >= 0.3 is 5.97 Å². The van der Waals surface area contributed by atoms with E-state index in [-0.39, 0.29) is 23.8 Å². The van der Waals surface area contributed by atoms with Crippen LogP contribution in [0, 0.1) is 0 Å². The highest BCUT2D eigenvalue weighted by atomic mass is 16.5.